The number of benzene rings is 2. The van der Waals surface area contributed by atoms with Crippen molar-refractivity contribution in [1.82, 2.24) is 0 Å². The van der Waals surface area contributed by atoms with Crippen LogP contribution in [0.3, 0.4) is 0 Å². The number of aryl methyl sites for hydroxylation is 2. The second-order valence-corrected chi connectivity index (χ2v) is 4.64. The number of rotatable bonds is 6. The molecule has 0 unspecified atom stereocenters. The zero-order valence-electron chi connectivity index (χ0n) is 12.0. The number of nitro benzene ring substituents is 1. The van der Waals surface area contributed by atoms with E-state index in [9.17, 15) is 10.1 Å². The highest BCUT2D eigenvalue weighted by Gasteiger charge is 2.13. The van der Waals surface area contributed by atoms with E-state index in [0.29, 0.717) is 6.61 Å². The molecule has 2 rings (SSSR count). The van der Waals surface area contributed by atoms with Gasteiger partial charge in [-0.25, -0.2) is 0 Å². The minimum Gasteiger partial charge on any atom is -0.489 e. The van der Waals surface area contributed by atoms with Gasteiger partial charge < -0.3 is 9.47 Å². The summed E-state index contributed by atoms with van der Waals surface area (Å²) in [6, 6.07) is 12.2. The summed E-state index contributed by atoms with van der Waals surface area (Å²) < 4.78 is 11.1. The molecule has 0 fully saturated rings. The number of nitro groups is 1. The van der Waals surface area contributed by atoms with Crippen molar-refractivity contribution in [1.29, 1.82) is 0 Å². The molecule has 0 spiro atoms. The van der Waals surface area contributed by atoms with E-state index in [1.54, 1.807) is 18.2 Å². The highest BCUT2D eigenvalue weighted by molar-refractivity contribution is 5.45. The van der Waals surface area contributed by atoms with Gasteiger partial charge >= 0.3 is 5.69 Å². The molecule has 0 heterocycles. The highest BCUT2D eigenvalue weighted by Crippen LogP contribution is 2.26. The largest absolute Gasteiger partial charge is 0.489 e. The molecule has 110 valence electrons. The smallest absolute Gasteiger partial charge is 0.310 e. The van der Waals surface area contributed by atoms with Gasteiger partial charge in [-0.15, -0.1) is 0 Å². The average molecular weight is 287 g/mol. The van der Waals surface area contributed by atoms with Crippen LogP contribution in [-0.4, -0.2) is 18.1 Å². The molecule has 21 heavy (non-hydrogen) atoms. The van der Waals surface area contributed by atoms with Crippen LogP contribution in [0.5, 0.6) is 11.5 Å². The third kappa shape index (κ3) is 3.72. The van der Waals surface area contributed by atoms with Crippen molar-refractivity contribution in [2.45, 2.75) is 13.8 Å². The average Bonchev–Trinajstić information content (AvgIpc) is 2.46. The van der Waals surface area contributed by atoms with Gasteiger partial charge in [-0.2, -0.15) is 0 Å². The van der Waals surface area contributed by atoms with Gasteiger partial charge in [-0.3, -0.25) is 10.1 Å². The predicted octanol–water partition coefficient (Wildman–Crippen LogP) is 3.67. The van der Waals surface area contributed by atoms with Crippen molar-refractivity contribution < 1.29 is 14.4 Å². The highest BCUT2D eigenvalue weighted by atomic mass is 16.6. The summed E-state index contributed by atoms with van der Waals surface area (Å²) in [5.74, 6) is 1.09. The number of hydrogen-bond acceptors (Lipinski definition) is 4. The molecule has 0 saturated heterocycles. The van der Waals surface area contributed by atoms with E-state index in [1.165, 1.54) is 6.07 Å². The maximum Gasteiger partial charge on any atom is 0.310 e. The van der Waals surface area contributed by atoms with Crippen molar-refractivity contribution in [2.24, 2.45) is 0 Å². The van der Waals surface area contributed by atoms with Gasteiger partial charge in [0.2, 0.25) is 0 Å². The SMILES string of the molecule is Cc1cccc(C)c1OCCOc1ccccc1[N+](=O)[O-]. The monoisotopic (exact) mass is 287 g/mol. The molecule has 0 aliphatic carbocycles. The van der Waals surface area contributed by atoms with Crippen molar-refractivity contribution in [2.75, 3.05) is 13.2 Å². The van der Waals surface area contributed by atoms with E-state index in [-0.39, 0.29) is 18.0 Å². The van der Waals surface area contributed by atoms with Gasteiger partial charge in [0.25, 0.3) is 0 Å². The Hall–Kier alpha value is -2.56. The summed E-state index contributed by atoms with van der Waals surface area (Å²) >= 11 is 0. The normalized spacial score (nSPS) is 10.2. The standard InChI is InChI=1S/C16H17NO4/c1-12-6-5-7-13(2)16(12)21-11-10-20-15-9-4-3-8-14(15)17(18)19/h3-9H,10-11H2,1-2H3. The van der Waals surface area contributed by atoms with Crippen molar-refractivity contribution >= 4 is 5.69 Å². The van der Waals surface area contributed by atoms with Gasteiger partial charge in [0.05, 0.1) is 4.92 Å². The van der Waals surface area contributed by atoms with Crippen LogP contribution in [0, 0.1) is 24.0 Å². The zero-order valence-corrected chi connectivity index (χ0v) is 12.0. The number of nitrogens with zero attached hydrogens (tertiary/aromatic N) is 1. The molecule has 0 aliphatic rings. The van der Waals surface area contributed by atoms with E-state index in [0.717, 1.165) is 16.9 Å². The van der Waals surface area contributed by atoms with E-state index in [2.05, 4.69) is 0 Å². The first-order valence-corrected chi connectivity index (χ1v) is 6.65. The van der Waals surface area contributed by atoms with Crippen molar-refractivity contribution in [3.05, 3.63) is 63.7 Å². The van der Waals surface area contributed by atoms with Gasteiger partial charge in [0.1, 0.15) is 19.0 Å². The summed E-state index contributed by atoms with van der Waals surface area (Å²) in [4.78, 5) is 10.4. The fraction of sp³-hybridized carbons (Fsp3) is 0.250. The molecule has 0 radical (unpaired) electrons. The number of para-hydroxylation sites is 3. The third-order valence-corrected chi connectivity index (χ3v) is 3.06. The summed E-state index contributed by atoms with van der Waals surface area (Å²) in [5.41, 5.74) is 2.07. The van der Waals surface area contributed by atoms with Crippen LogP contribution in [0.4, 0.5) is 5.69 Å². The van der Waals surface area contributed by atoms with Gasteiger partial charge in [0, 0.05) is 6.07 Å². The quantitative estimate of drug-likeness (QED) is 0.462. The van der Waals surface area contributed by atoms with Gasteiger partial charge in [-0.1, -0.05) is 30.3 Å². The summed E-state index contributed by atoms with van der Waals surface area (Å²) in [6.07, 6.45) is 0. The van der Waals surface area contributed by atoms with Crippen LogP contribution in [0.25, 0.3) is 0 Å². The molecular weight excluding hydrogens is 270 g/mol. The van der Waals surface area contributed by atoms with Crippen LogP contribution in [0.2, 0.25) is 0 Å². The van der Waals surface area contributed by atoms with E-state index >= 15 is 0 Å². The van der Waals surface area contributed by atoms with Crippen LogP contribution < -0.4 is 9.47 Å². The molecule has 2 aromatic carbocycles. The Morgan fingerprint density at radius 1 is 0.952 bits per heavy atom. The molecular formula is C16H17NO4. The fourth-order valence-corrected chi connectivity index (χ4v) is 2.05. The predicted molar refractivity (Wildman–Crippen MR) is 80.0 cm³/mol. The third-order valence-electron chi connectivity index (χ3n) is 3.06. The van der Waals surface area contributed by atoms with Gasteiger partial charge in [-0.05, 0) is 31.0 Å². The number of hydrogen-bond donors (Lipinski definition) is 0. The Bertz CT molecular complexity index is 620. The molecule has 0 N–H and O–H groups in total. The van der Waals surface area contributed by atoms with E-state index < -0.39 is 4.92 Å². The van der Waals surface area contributed by atoms with Crippen LogP contribution in [0.15, 0.2) is 42.5 Å². The second kappa shape index (κ2) is 6.74. The zero-order chi connectivity index (χ0) is 15.2. The molecule has 5 nitrogen and oxygen atoms in total. The topological polar surface area (TPSA) is 61.6 Å². The Kier molecular flexibility index (Phi) is 4.77. The Labute approximate surface area is 123 Å². The molecule has 0 aromatic heterocycles. The summed E-state index contributed by atoms with van der Waals surface area (Å²) in [6.45, 7) is 4.53. The second-order valence-electron chi connectivity index (χ2n) is 4.64. The fourth-order valence-electron chi connectivity index (χ4n) is 2.05. The molecule has 5 heteroatoms. The van der Waals surface area contributed by atoms with Crippen molar-refractivity contribution in [3.8, 4) is 11.5 Å². The first-order chi connectivity index (χ1) is 10.1. The Morgan fingerprint density at radius 3 is 2.24 bits per heavy atom. The summed E-state index contributed by atoms with van der Waals surface area (Å²) in [5, 5.41) is 10.9. The van der Waals surface area contributed by atoms with E-state index in [1.807, 2.05) is 32.0 Å². The van der Waals surface area contributed by atoms with Crippen molar-refractivity contribution in [3.63, 3.8) is 0 Å². The van der Waals surface area contributed by atoms with Crippen LogP contribution >= 0.6 is 0 Å². The molecule has 2 aromatic rings. The van der Waals surface area contributed by atoms with Gasteiger partial charge in [0.15, 0.2) is 5.75 Å². The maximum absolute atomic E-state index is 10.9. The maximum atomic E-state index is 10.9. The molecule has 0 aliphatic heterocycles. The minimum atomic E-state index is -0.457. The minimum absolute atomic E-state index is 0.0374. The first kappa shape index (κ1) is 14.8. The number of ether oxygens (including phenoxy) is 2. The Morgan fingerprint density at radius 2 is 1.57 bits per heavy atom. The lowest BCUT2D eigenvalue weighted by molar-refractivity contribution is -0.385. The molecule has 0 amide bonds. The summed E-state index contributed by atoms with van der Waals surface area (Å²) in [7, 11) is 0. The van der Waals surface area contributed by atoms with Crippen LogP contribution in [-0.2, 0) is 0 Å². The lowest BCUT2D eigenvalue weighted by atomic mass is 10.1. The molecule has 0 saturated carbocycles. The Balaban J connectivity index is 1.92. The van der Waals surface area contributed by atoms with E-state index in [4.69, 9.17) is 9.47 Å². The molecule has 0 bridgehead atoms. The lowest BCUT2D eigenvalue weighted by Crippen LogP contribution is -2.11. The lowest BCUT2D eigenvalue weighted by Gasteiger charge is -2.12. The molecule has 0 atom stereocenters. The van der Waals surface area contributed by atoms with Crippen LogP contribution in [0.1, 0.15) is 11.1 Å². The first-order valence-electron chi connectivity index (χ1n) is 6.65.